The largest absolute Gasteiger partial charge is 0.490 e. The van der Waals surface area contributed by atoms with Gasteiger partial charge in [-0.3, -0.25) is 19.7 Å². The molecule has 2 aromatic carbocycles. The van der Waals surface area contributed by atoms with E-state index in [4.69, 9.17) is 9.47 Å². The van der Waals surface area contributed by atoms with Crippen molar-refractivity contribution >= 4 is 17.5 Å². The van der Waals surface area contributed by atoms with Crippen LogP contribution in [0, 0.1) is 23.0 Å². The highest BCUT2D eigenvalue weighted by atomic mass is 16.6. The van der Waals surface area contributed by atoms with E-state index in [0.29, 0.717) is 13.0 Å². The third-order valence-electron chi connectivity index (χ3n) is 5.25. The van der Waals surface area contributed by atoms with Gasteiger partial charge in [0.1, 0.15) is 11.8 Å². The van der Waals surface area contributed by atoms with Gasteiger partial charge in [-0.15, -0.1) is 0 Å². The molecular weight excluding hydrogens is 438 g/mol. The average Bonchev–Trinajstić information content (AvgIpc) is 2.81. The topological polar surface area (TPSA) is 111 Å². The molecule has 0 fully saturated rings. The van der Waals surface area contributed by atoms with Crippen LogP contribution in [0.4, 0.5) is 5.69 Å². The molecule has 0 saturated heterocycles. The fourth-order valence-electron chi connectivity index (χ4n) is 3.36. The molecule has 0 aliphatic rings. The Labute approximate surface area is 200 Å². The molecule has 184 valence electrons. The Kier molecular flexibility index (Phi) is 9.85. The monoisotopic (exact) mass is 471 g/mol. The molecule has 1 unspecified atom stereocenters. The van der Waals surface area contributed by atoms with E-state index in [9.17, 15) is 19.7 Å². The molecule has 1 atom stereocenters. The predicted octanol–water partition coefficient (Wildman–Crippen LogP) is 3.87. The van der Waals surface area contributed by atoms with E-state index in [1.807, 2.05) is 52.0 Å². The van der Waals surface area contributed by atoms with Crippen molar-refractivity contribution in [3.8, 4) is 11.5 Å². The van der Waals surface area contributed by atoms with Crippen LogP contribution in [0.25, 0.3) is 0 Å². The number of nitrogens with one attached hydrogen (secondary N) is 1. The van der Waals surface area contributed by atoms with Gasteiger partial charge in [-0.1, -0.05) is 50.6 Å². The molecule has 34 heavy (non-hydrogen) atoms. The Morgan fingerprint density at radius 2 is 1.82 bits per heavy atom. The maximum atomic E-state index is 13.2. The number of nitro benzene ring substituents is 1. The van der Waals surface area contributed by atoms with E-state index in [-0.39, 0.29) is 48.1 Å². The summed E-state index contributed by atoms with van der Waals surface area (Å²) in [4.78, 5) is 38.2. The van der Waals surface area contributed by atoms with Gasteiger partial charge in [-0.2, -0.15) is 0 Å². The van der Waals surface area contributed by atoms with Crippen LogP contribution in [0.15, 0.2) is 42.5 Å². The van der Waals surface area contributed by atoms with Gasteiger partial charge in [0.2, 0.25) is 11.7 Å². The number of carbonyl (C=O) groups is 2. The smallest absolute Gasteiger partial charge is 0.311 e. The van der Waals surface area contributed by atoms with Crippen LogP contribution in [-0.4, -0.2) is 47.9 Å². The van der Waals surface area contributed by atoms with E-state index < -0.39 is 11.0 Å². The zero-order valence-electron chi connectivity index (χ0n) is 20.4. The van der Waals surface area contributed by atoms with Crippen LogP contribution < -0.4 is 14.8 Å². The van der Waals surface area contributed by atoms with Gasteiger partial charge in [-0.25, -0.2) is 0 Å². The number of ether oxygens (including phenoxy) is 2. The fourth-order valence-corrected chi connectivity index (χ4v) is 3.36. The van der Waals surface area contributed by atoms with Gasteiger partial charge in [-0.05, 0) is 30.9 Å². The molecule has 0 bridgehead atoms. The van der Waals surface area contributed by atoms with E-state index in [0.717, 1.165) is 11.1 Å². The minimum absolute atomic E-state index is 0.0333. The first-order valence-electron chi connectivity index (χ1n) is 11.2. The van der Waals surface area contributed by atoms with Gasteiger partial charge in [0.25, 0.3) is 5.91 Å². The second-order valence-corrected chi connectivity index (χ2v) is 8.45. The standard InChI is InChI=1S/C25H33N3O6/c1-6-21(25(30)26-14-17(2)3)27(15-19-9-7-18(4)8-10-19)24(29)16-34-20-11-12-22(28(31)32)23(13-20)33-5/h7-13,17,21H,6,14-16H2,1-5H3,(H,26,30). The van der Waals surface area contributed by atoms with Crippen LogP contribution in [-0.2, 0) is 16.1 Å². The van der Waals surface area contributed by atoms with Gasteiger partial charge >= 0.3 is 5.69 Å². The van der Waals surface area contributed by atoms with Crippen LogP contribution in [0.2, 0.25) is 0 Å². The quantitative estimate of drug-likeness (QED) is 0.372. The highest BCUT2D eigenvalue weighted by molar-refractivity contribution is 5.88. The Morgan fingerprint density at radius 1 is 1.15 bits per heavy atom. The molecule has 1 N–H and O–H groups in total. The number of hydrogen-bond acceptors (Lipinski definition) is 6. The zero-order chi connectivity index (χ0) is 25.3. The van der Waals surface area contributed by atoms with E-state index >= 15 is 0 Å². The normalized spacial score (nSPS) is 11.6. The van der Waals surface area contributed by atoms with E-state index in [2.05, 4.69) is 5.32 Å². The molecule has 0 aliphatic carbocycles. The van der Waals surface area contributed by atoms with Crippen LogP contribution >= 0.6 is 0 Å². The second-order valence-electron chi connectivity index (χ2n) is 8.45. The van der Waals surface area contributed by atoms with Crippen molar-refractivity contribution in [1.82, 2.24) is 10.2 Å². The summed E-state index contributed by atoms with van der Waals surface area (Å²) in [5.41, 5.74) is 1.79. The number of rotatable bonds is 12. The lowest BCUT2D eigenvalue weighted by molar-refractivity contribution is -0.385. The number of benzene rings is 2. The summed E-state index contributed by atoms with van der Waals surface area (Å²) in [7, 11) is 1.32. The Bertz CT molecular complexity index is 991. The summed E-state index contributed by atoms with van der Waals surface area (Å²) in [6.45, 7) is 8.28. The molecule has 0 aliphatic heterocycles. The summed E-state index contributed by atoms with van der Waals surface area (Å²) in [5.74, 6) is -0.0179. The Hall–Kier alpha value is -3.62. The van der Waals surface area contributed by atoms with Crippen molar-refractivity contribution in [3.05, 3.63) is 63.7 Å². The van der Waals surface area contributed by atoms with E-state index in [1.165, 1.54) is 30.2 Å². The van der Waals surface area contributed by atoms with Crippen LogP contribution in [0.5, 0.6) is 11.5 Å². The number of methoxy groups -OCH3 is 1. The summed E-state index contributed by atoms with van der Waals surface area (Å²) in [6, 6.07) is 11.1. The zero-order valence-corrected chi connectivity index (χ0v) is 20.4. The average molecular weight is 472 g/mol. The molecule has 2 aromatic rings. The lowest BCUT2D eigenvalue weighted by Gasteiger charge is -2.31. The first-order valence-corrected chi connectivity index (χ1v) is 11.2. The lowest BCUT2D eigenvalue weighted by Crippen LogP contribution is -2.50. The van der Waals surface area contributed by atoms with Crippen molar-refractivity contribution in [2.24, 2.45) is 5.92 Å². The van der Waals surface area contributed by atoms with Gasteiger partial charge in [0.15, 0.2) is 6.61 Å². The number of amides is 2. The van der Waals surface area contributed by atoms with Gasteiger partial charge < -0.3 is 19.7 Å². The molecule has 0 heterocycles. The van der Waals surface area contributed by atoms with Gasteiger partial charge in [0, 0.05) is 25.2 Å². The molecular formula is C25H33N3O6. The van der Waals surface area contributed by atoms with E-state index in [1.54, 1.807) is 0 Å². The summed E-state index contributed by atoms with van der Waals surface area (Å²) >= 11 is 0. The second kappa shape index (κ2) is 12.6. The Balaban J connectivity index is 2.22. The summed E-state index contributed by atoms with van der Waals surface area (Å²) < 4.78 is 10.7. The van der Waals surface area contributed by atoms with Crippen LogP contribution in [0.1, 0.15) is 38.3 Å². The van der Waals surface area contributed by atoms with Crippen molar-refractivity contribution in [3.63, 3.8) is 0 Å². The summed E-state index contributed by atoms with van der Waals surface area (Å²) in [5, 5.41) is 14.0. The number of carbonyl (C=O) groups excluding carboxylic acids is 2. The minimum atomic E-state index is -0.664. The van der Waals surface area contributed by atoms with Crippen molar-refractivity contribution in [1.29, 1.82) is 0 Å². The number of aryl methyl sites for hydroxylation is 1. The molecule has 0 aromatic heterocycles. The lowest BCUT2D eigenvalue weighted by atomic mass is 10.1. The molecule has 9 nitrogen and oxygen atoms in total. The minimum Gasteiger partial charge on any atom is -0.490 e. The highest BCUT2D eigenvalue weighted by Crippen LogP contribution is 2.30. The molecule has 9 heteroatoms. The van der Waals surface area contributed by atoms with Crippen LogP contribution in [0.3, 0.4) is 0 Å². The van der Waals surface area contributed by atoms with Crippen molar-refractivity contribution in [2.45, 2.75) is 46.7 Å². The maximum Gasteiger partial charge on any atom is 0.311 e. The number of hydrogen-bond donors (Lipinski definition) is 1. The third-order valence-corrected chi connectivity index (χ3v) is 5.25. The molecule has 0 spiro atoms. The molecule has 0 radical (unpaired) electrons. The van der Waals surface area contributed by atoms with Crippen molar-refractivity contribution < 1.29 is 24.0 Å². The third kappa shape index (κ3) is 7.47. The molecule has 2 amide bonds. The number of nitrogens with zero attached hydrogens (tertiary/aromatic N) is 2. The molecule has 2 rings (SSSR count). The SMILES string of the molecule is CCC(C(=O)NCC(C)C)N(Cc1ccc(C)cc1)C(=O)COc1ccc([N+](=O)[O-])c(OC)c1. The van der Waals surface area contributed by atoms with Crippen molar-refractivity contribution in [2.75, 3.05) is 20.3 Å². The highest BCUT2D eigenvalue weighted by Gasteiger charge is 2.29. The fraction of sp³-hybridized carbons (Fsp3) is 0.440. The maximum absolute atomic E-state index is 13.2. The summed E-state index contributed by atoms with van der Waals surface area (Å²) in [6.07, 6.45) is 0.437. The first kappa shape index (κ1) is 26.6. The van der Waals surface area contributed by atoms with Gasteiger partial charge in [0.05, 0.1) is 12.0 Å². The first-order chi connectivity index (χ1) is 16.2. The predicted molar refractivity (Wildman–Crippen MR) is 129 cm³/mol. The number of nitro groups is 1. The Morgan fingerprint density at radius 3 is 2.38 bits per heavy atom. The molecule has 0 saturated carbocycles.